The summed E-state index contributed by atoms with van der Waals surface area (Å²) in [5.74, 6) is 1.40. The van der Waals surface area contributed by atoms with E-state index in [2.05, 4.69) is 46.8 Å². The second-order valence-electron chi connectivity index (χ2n) is 7.62. The van der Waals surface area contributed by atoms with Crippen LogP contribution in [-0.2, 0) is 9.22 Å². The standard InChI is InChI=1S/C21H33NO2S2Si/c1-6-27(7-2,8-3)24-19(17-12-10-9-11-13-17)14-20(23)22-18(16(4)5)15-26-21(22)25/h9-13,16,18-19H,6-8,14-15H2,1-5H3/t18-,19-/m1/s1. The molecule has 0 aromatic heterocycles. The van der Waals surface area contributed by atoms with Crippen LogP contribution in [0.2, 0.25) is 18.1 Å². The predicted octanol–water partition coefficient (Wildman–Crippen LogP) is 6.02. The van der Waals surface area contributed by atoms with Crippen molar-refractivity contribution in [1.82, 2.24) is 4.90 Å². The molecule has 0 saturated carbocycles. The first-order valence-corrected chi connectivity index (χ1v) is 14.0. The molecule has 0 N–H and O–H groups in total. The minimum absolute atomic E-state index is 0.101. The van der Waals surface area contributed by atoms with E-state index in [0.29, 0.717) is 12.3 Å². The molecule has 1 fully saturated rings. The summed E-state index contributed by atoms with van der Waals surface area (Å²) in [4.78, 5) is 15.1. The van der Waals surface area contributed by atoms with Gasteiger partial charge in [0.2, 0.25) is 5.91 Å². The molecular formula is C21H33NO2S2Si. The van der Waals surface area contributed by atoms with E-state index < -0.39 is 8.32 Å². The zero-order valence-corrected chi connectivity index (χ0v) is 19.9. The average Bonchev–Trinajstić information content (AvgIpc) is 3.08. The molecule has 1 heterocycles. The largest absolute Gasteiger partial charge is 0.409 e. The summed E-state index contributed by atoms with van der Waals surface area (Å²) in [5, 5.41) is 0. The molecular weight excluding hydrogens is 390 g/mol. The predicted molar refractivity (Wildman–Crippen MR) is 123 cm³/mol. The quantitative estimate of drug-likeness (QED) is 0.358. The fourth-order valence-corrected chi connectivity index (χ4v) is 8.16. The summed E-state index contributed by atoms with van der Waals surface area (Å²) >= 11 is 7.12. The van der Waals surface area contributed by atoms with Gasteiger partial charge < -0.3 is 4.43 Å². The molecule has 1 aromatic rings. The van der Waals surface area contributed by atoms with Gasteiger partial charge in [-0.1, -0.05) is 88.9 Å². The summed E-state index contributed by atoms with van der Waals surface area (Å²) in [6.07, 6.45) is 0.175. The first-order valence-electron chi connectivity index (χ1n) is 10.1. The Labute approximate surface area is 175 Å². The van der Waals surface area contributed by atoms with E-state index in [4.69, 9.17) is 16.6 Å². The van der Waals surface area contributed by atoms with Gasteiger partial charge in [-0.15, -0.1) is 0 Å². The van der Waals surface area contributed by atoms with Crippen LogP contribution in [0.5, 0.6) is 0 Å². The Bertz CT molecular complexity index is 626. The van der Waals surface area contributed by atoms with Crippen LogP contribution in [0, 0.1) is 5.92 Å². The Morgan fingerprint density at radius 1 is 1.22 bits per heavy atom. The Kier molecular flexibility index (Phi) is 8.53. The van der Waals surface area contributed by atoms with Crippen LogP contribution in [0.1, 0.15) is 52.7 Å². The first kappa shape index (κ1) is 22.6. The van der Waals surface area contributed by atoms with Crippen LogP contribution in [-0.4, -0.2) is 35.2 Å². The second kappa shape index (κ2) is 10.2. The summed E-state index contributed by atoms with van der Waals surface area (Å²) in [5.41, 5.74) is 1.09. The third kappa shape index (κ3) is 5.43. The van der Waals surface area contributed by atoms with E-state index in [-0.39, 0.29) is 18.1 Å². The van der Waals surface area contributed by atoms with Crippen molar-refractivity contribution in [2.45, 2.75) is 71.3 Å². The SMILES string of the molecule is CC[Si](CC)(CC)O[C@H](CC(=O)N1C(=S)SC[C@@H]1C(C)C)c1ccccc1. The van der Waals surface area contributed by atoms with Crippen molar-refractivity contribution in [3.8, 4) is 0 Å². The normalized spacial score (nSPS) is 19.0. The molecule has 0 unspecified atom stereocenters. The number of carbonyl (C=O) groups excluding carboxylic acids is 1. The van der Waals surface area contributed by atoms with Gasteiger partial charge in [-0.05, 0) is 29.6 Å². The molecule has 2 atom stereocenters. The monoisotopic (exact) mass is 423 g/mol. The number of carbonyl (C=O) groups is 1. The van der Waals surface area contributed by atoms with Gasteiger partial charge in [0.1, 0.15) is 4.32 Å². The van der Waals surface area contributed by atoms with Crippen molar-refractivity contribution in [3.05, 3.63) is 35.9 Å². The molecule has 2 rings (SSSR count). The minimum Gasteiger partial charge on any atom is -0.409 e. The van der Waals surface area contributed by atoms with Crippen LogP contribution in [0.25, 0.3) is 0 Å². The van der Waals surface area contributed by atoms with E-state index in [0.717, 1.165) is 33.8 Å². The topological polar surface area (TPSA) is 29.5 Å². The van der Waals surface area contributed by atoms with Crippen molar-refractivity contribution >= 4 is 42.5 Å². The molecule has 0 spiro atoms. The van der Waals surface area contributed by atoms with Crippen LogP contribution < -0.4 is 0 Å². The van der Waals surface area contributed by atoms with Gasteiger partial charge in [0.15, 0.2) is 8.32 Å². The highest BCUT2D eigenvalue weighted by atomic mass is 32.2. The Morgan fingerprint density at radius 2 is 1.81 bits per heavy atom. The molecule has 1 saturated heterocycles. The lowest BCUT2D eigenvalue weighted by molar-refractivity contribution is -0.130. The van der Waals surface area contributed by atoms with Gasteiger partial charge >= 0.3 is 0 Å². The van der Waals surface area contributed by atoms with Gasteiger partial charge in [-0.2, -0.15) is 0 Å². The maximum absolute atomic E-state index is 13.3. The highest BCUT2D eigenvalue weighted by Crippen LogP contribution is 2.35. The third-order valence-corrected chi connectivity index (χ3v) is 12.0. The Hall–Kier alpha value is -0.693. The van der Waals surface area contributed by atoms with Crippen molar-refractivity contribution in [2.75, 3.05) is 5.75 Å². The zero-order valence-electron chi connectivity index (χ0n) is 17.2. The van der Waals surface area contributed by atoms with Crippen LogP contribution in [0.15, 0.2) is 30.3 Å². The van der Waals surface area contributed by atoms with Gasteiger partial charge in [0.05, 0.1) is 12.5 Å². The van der Waals surface area contributed by atoms with Crippen LogP contribution >= 0.6 is 24.0 Å². The van der Waals surface area contributed by atoms with Crippen molar-refractivity contribution in [1.29, 1.82) is 0 Å². The van der Waals surface area contributed by atoms with Crippen molar-refractivity contribution < 1.29 is 9.22 Å². The highest BCUT2D eigenvalue weighted by molar-refractivity contribution is 8.23. The third-order valence-electron chi connectivity index (χ3n) is 5.80. The van der Waals surface area contributed by atoms with Gasteiger partial charge in [0.25, 0.3) is 0 Å². The number of benzene rings is 1. The molecule has 1 amide bonds. The van der Waals surface area contributed by atoms with E-state index in [9.17, 15) is 4.79 Å². The summed E-state index contributed by atoms with van der Waals surface area (Å²) in [7, 11) is -1.83. The highest BCUT2D eigenvalue weighted by Gasteiger charge is 2.38. The second-order valence-corrected chi connectivity index (χ2v) is 14.0. The van der Waals surface area contributed by atoms with E-state index in [1.807, 2.05) is 23.1 Å². The lowest BCUT2D eigenvalue weighted by Gasteiger charge is -2.35. The van der Waals surface area contributed by atoms with Gasteiger partial charge in [-0.25, -0.2) is 0 Å². The number of thiocarbonyl (C=S) groups is 1. The minimum atomic E-state index is -1.83. The molecule has 3 nitrogen and oxygen atoms in total. The number of thioether (sulfide) groups is 1. The van der Waals surface area contributed by atoms with Gasteiger partial charge in [-0.3, -0.25) is 9.69 Å². The molecule has 0 bridgehead atoms. The summed E-state index contributed by atoms with van der Waals surface area (Å²) in [6, 6.07) is 13.6. The molecule has 27 heavy (non-hydrogen) atoms. The number of rotatable bonds is 9. The fourth-order valence-electron chi connectivity index (χ4n) is 3.67. The molecule has 1 aliphatic heterocycles. The molecule has 0 aliphatic carbocycles. The maximum atomic E-state index is 13.3. The lowest BCUT2D eigenvalue weighted by Crippen LogP contribution is -2.43. The fraction of sp³-hybridized carbons (Fsp3) is 0.619. The zero-order chi connectivity index (χ0) is 20.0. The molecule has 0 radical (unpaired) electrons. The first-order chi connectivity index (χ1) is 12.9. The number of amides is 1. The Balaban J connectivity index is 2.26. The summed E-state index contributed by atoms with van der Waals surface area (Å²) in [6.45, 7) is 11.0. The van der Waals surface area contributed by atoms with Gasteiger partial charge in [0, 0.05) is 11.8 Å². The molecule has 1 aliphatic rings. The van der Waals surface area contributed by atoms with Crippen molar-refractivity contribution in [3.63, 3.8) is 0 Å². The van der Waals surface area contributed by atoms with E-state index in [1.54, 1.807) is 11.8 Å². The van der Waals surface area contributed by atoms with Crippen molar-refractivity contribution in [2.24, 2.45) is 5.92 Å². The number of hydrogen-bond donors (Lipinski definition) is 0. The summed E-state index contributed by atoms with van der Waals surface area (Å²) < 4.78 is 7.49. The average molecular weight is 424 g/mol. The maximum Gasteiger partial charge on any atom is 0.231 e. The van der Waals surface area contributed by atoms with E-state index >= 15 is 0 Å². The molecule has 150 valence electrons. The van der Waals surface area contributed by atoms with Crippen LogP contribution in [0.4, 0.5) is 0 Å². The Morgan fingerprint density at radius 3 is 2.33 bits per heavy atom. The van der Waals surface area contributed by atoms with E-state index in [1.165, 1.54) is 0 Å². The molecule has 6 heteroatoms. The number of nitrogens with zero attached hydrogens (tertiary/aromatic N) is 1. The molecule has 1 aromatic carbocycles. The lowest BCUT2D eigenvalue weighted by atomic mass is 10.0. The smallest absolute Gasteiger partial charge is 0.231 e. The number of hydrogen-bond acceptors (Lipinski definition) is 4. The van der Waals surface area contributed by atoms with Crippen LogP contribution in [0.3, 0.4) is 0 Å².